The summed E-state index contributed by atoms with van der Waals surface area (Å²) in [5.41, 5.74) is 7.93. The van der Waals surface area contributed by atoms with Crippen molar-refractivity contribution in [3.63, 3.8) is 0 Å². The van der Waals surface area contributed by atoms with Gasteiger partial charge in [0.2, 0.25) is 0 Å². The van der Waals surface area contributed by atoms with Gasteiger partial charge in [0.15, 0.2) is 5.69 Å². The lowest BCUT2D eigenvalue weighted by Crippen LogP contribution is -2.23. The van der Waals surface area contributed by atoms with Crippen molar-refractivity contribution in [2.24, 2.45) is 7.05 Å². The van der Waals surface area contributed by atoms with Gasteiger partial charge in [-0.3, -0.25) is 14.6 Å². The average molecular weight is 234 g/mol. The molecule has 0 aliphatic heterocycles. The molecule has 2 heterocycles. The van der Waals surface area contributed by atoms with E-state index in [0.717, 1.165) is 5.56 Å². The largest absolute Gasteiger partial charge is 0.395 e. The topological polar surface area (TPSA) is 102 Å². The number of anilines is 1. The van der Waals surface area contributed by atoms with Crippen LogP contribution in [0.15, 0.2) is 12.4 Å². The summed E-state index contributed by atoms with van der Waals surface area (Å²) in [5.74, 6) is -0.296. The Hall–Kier alpha value is -2.31. The number of aromatic amines is 1. The molecule has 17 heavy (non-hydrogen) atoms. The van der Waals surface area contributed by atoms with Gasteiger partial charge in [-0.05, 0) is 6.92 Å². The molecule has 0 aliphatic rings. The maximum atomic E-state index is 11.8. The molecule has 7 heteroatoms. The summed E-state index contributed by atoms with van der Waals surface area (Å²) in [6.07, 6.45) is 3.53. The number of carbonyl (C=O) groups is 1. The van der Waals surface area contributed by atoms with Gasteiger partial charge in [0, 0.05) is 25.4 Å². The number of nitrogens with two attached hydrogens (primary N) is 1. The fourth-order valence-electron chi connectivity index (χ4n) is 1.44. The highest BCUT2D eigenvalue weighted by atomic mass is 16.1. The molecule has 0 atom stereocenters. The van der Waals surface area contributed by atoms with Crippen molar-refractivity contribution in [3.05, 3.63) is 29.3 Å². The Labute approximate surface area is 98.0 Å². The molecular formula is C10H14N6O. The van der Waals surface area contributed by atoms with Crippen LogP contribution in [0.25, 0.3) is 0 Å². The second-order valence-electron chi connectivity index (χ2n) is 3.82. The Bertz CT molecular complexity index is 541. The van der Waals surface area contributed by atoms with E-state index in [1.807, 2.05) is 13.2 Å². The number of aromatic nitrogens is 4. The van der Waals surface area contributed by atoms with Crippen LogP contribution in [0, 0.1) is 6.92 Å². The van der Waals surface area contributed by atoms with Crippen molar-refractivity contribution in [3.8, 4) is 0 Å². The Balaban J connectivity index is 2.00. The lowest BCUT2D eigenvalue weighted by molar-refractivity contribution is 0.0947. The third-order valence-electron chi connectivity index (χ3n) is 2.42. The minimum absolute atomic E-state index is 0.228. The first kappa shape index (κ1) is 11.2. The molecule has 0 bridgehead atoms. The lowest BCUT2D eigenvalue weighted by atomic mass is 10.3. The van der Waals surface area contributed by atoms with Crippen LogP contribution in [0.4, 0.5) is 5.69 Å². The molecule has 0 saturated heterocycles. The van der Waals surface area contributed by atoms with Crippen molar-refractivity contribution in [2.75, 3.05) is 5.73 Å². The van der Waals surface area contributed by atoms with Gasteiger partial charge in [-0.2, -0.15) is 10.2 Å². The molecular weight excluding hydrogens is 220 g/mol. The summed E-state index contributed by atoms with van der Waals surface area (Å²) in [7, 11) is 1.82. The maximum absolute atomic E-state index is 11.8. The number of hydrogen-bond donors (Lipinski definition) is 3. The van der Waals surface area contributed by atoms with Crippen molar-refractivity contribution in [2.45, 2.75) is 13.5 Å². The fraction of sp³-hybridized carbons (Fsp3) is 0.300. The van der Waals surface area contributed by atoms with E-state index in [-0.39, 0.29) is 11.6 Å². The minimum Gasteiger partial charge on any atom is -0.395 e. The number of H-pyrrole nitrogens is 1. The lowest BCUT2D eigenvalue weighted by Gasteiger charge is -2.01. The molecule has 0 aliphatic carbocycles. The van der Waals surface area contributed by atoms with E-state index in [1.54, 1.807) is 17.8 Å². The minimum atomic E-state index is -0.296. The van der Waals surface area contributed by atoms with Crippen LogP contribution in [-0.2, 0) is 13.6 Å². The Morgan fingerprint density at radius 1 is 1.65 bits per heavy atom. The van der Waals surface area contributed by atoms with Crippen LogP contribution < -0.4 is 11.1 Å². The van der Waals surface area contributed by atoms with Crippen molar-refractivity contribution in [1.82, 2.24) is 25.3 Å². The second-order valence-corrected chi connectivity index (χ2v) is 3.82. The molecule has 0 aromatic carbocycles. The highest BCUT2D eigenvalue weighted by molar-refractivity contribution is 5.97. The number of hydrogen-bond acceptors (Lipinski definition) is 4. The summed E-state index contributed by atoms with van der Waals surface area (Å²) < 4.78 is 1.68. The molecule has 90 valence electrons. The first-order valence-corrected chi connectivity index (χ1v) is 5.14. The molecule has 0 fully saturated rings. The van der Waals surface area contributed by atoms with Gasteiger partial charge in [0.1, 0.15) is 0 Å². The zero-order chi connectivity index (χ0) is 12.4. The molecule has 2 rings (SSSR count). The quantitative estimate of drug-likeness (QED) is 0.693. The number of nitrogens with one attached hydrogen (secondary N) is 2. The fourth-order valence-corrected chi connectivity index (χ4v) is 1.44. The molecule has 0 spiro atoms. The van der Waals surface area contributed by atoms with Crippen LogP contribution >= 0.6 is 0 Å². The van der Waals surface area contributed by atoms with Gasteiger partial charge >= 0.3 is 0 Å². The van der Waals surface area contributed by atoms with Gasteiger partial charge in [0.05, 0.1) is 17.6 Å². The van der Waals surface area contributed by atoms with Gasteiger partial charge < -0.3 is 11.1 Å². The van der Waals surface area contributed by atoms with E-state index in [1.165, 1.54) is 0 Å². The second kappa shape index (κ2) is 4.28. The molecule has 4 N–H and O–H groups in total. The normalized spacial score (nSPS) is 10.5. The zero-order valence-electron chi connectivity index (χ0n) is 9.69. The number of carbonyl (C=O) groups excluding carboxylic acids is 1. The SMILES string of the molecule is Cc1[nH]nc(C(=O)NCc2cnn(C)c2)c1N. The highest BCUT2D eigenvalue weighted by Gasteiger charge is 2.14. The molecule has 0 radical (unpaired) electrons. The van der Waals surface area contributed by atoms with Gasteiger partial charge in [-0.15, -0.1) is 0 Å². The van der Waals surface area contributed by atoms with Crippen LogP contribution in [0.5, 0.6) is 0 Å². The summed E-state index contributed by atoms with van der Waals surface area (Å²) in [4.78, 5) is 11.8. The van der Waals surface area contributed by atoms with Crippen LogP contribution in [-0.4, -0.2) is 25.9 Å². The van der Waals surface area contributed by atoms with Gasteiger partial charge in [-0.1, -0.05) is 0 Å². The molecule has 2 aromatic heterocycles. The van der Waals surface area contributed by atoms with E-state index in [0.29, 0.717) is 17.9 Å². The summed E-state index contributed by atoms with van der Waals surface area (Å²) in [6.45, 7) is 2.16. The Morgan fingerprint density at radius 2 is 2.41 bits per heavy atom. The van der Waals surface area contributed by atoms with Gasteiger partial charge in [0.25, 0.3) is 5.91 Å². The van der Waals surface area contributed by atoms with Gasteiger partial charge in [-0.25, -0.2) is 0 Å². The Morgan fingerprint density at radius 3 is 2.94 bits per heavy atom. The zero-order valence-corrected chi connectivity index (χ0v) is 9.69. The highest BCUT2D eigenvalue weighted by Crippen LogP contribution is 2.12. The van der Waals surface area contributed by atoms with Crippen molar-refractivity contribution in [1.29, 1.82) is 0 Å². The van der Waals surface area contributed by atoms with Crippen LogP contribution in [0.3, 0.4) is 0 Å². The van der Waals surface area contributed by atoms with E-state index < -0.39 is 0 Å². The summed E-state index contributed by atoms with van der Waals surface area (Å²) >= 11 is 0. The first-order valence-electron chi connectivity index (χ1n) is 5.14. The van der Waals surface area contributed by atoms with Crippen molar-refractivity contribution < 1.29 is 4.79 Å². The number of aryl methyl sites for hydroxylation is 2. The number of nitrogen functional groups attached to an aromatic ring is 1. The maximum Gasteiger partial charge on any atom is 0.274 e. The number of amides is 1. The van der Waals surface area contributed by atoms with Crippen LogP contribution in [0.1, 0.15) is 21.7 Å². The molecule has 0 unspecified atom stereocenters. The third kappa shape index (κ3) is 2.27. The predicted molar refractivity (Wildman–Crippen MR) is 62.1 cm³/mol. The number of nitrogens with zero attached hydrogens (tertiary/aromatic N) is 3. The third-order valence-corrected chi connectivity index (χ3v) is 2.42. The molecule has 7 nitrogen and oxygen atoms in total. The van der Waals surface area contributed by atoms with Crippen LogP contribution in [0.2, 0.25) is 0 Å². The summed E-state index contributed by atoms with van der Waals surface area (Å²) in [6, 6.07) is 0. The smallest absolute Gasteiger partial charge is 0.274 e. The van der Waals surface area contributed by atoms with E-state index in [2.05, 4.69) is 20.6 Å². The van der Waals surface area contributed by atoms with E-state index >= 15 is 0 Å². The standard InChI is InChI=1S/C10H14N6O/c1-6-8(11)9(15-14-6)10(17)12-3-7-4-13-16(2)5-7/h4-5H,3,11H2,1-2H3,(H,12,17)(H,14,15). The predicted octanol–water partition coefficient (Wildman–Crippen LogP) is -0.0362. The molecule has 1 amide bonds. The molecule has 0 saturated carbocycles. The first-order chi connectivity index (χ1) is 8.08. The summed E-state index contributed by atoms with van der Waals surface area (Å²) in [5, 5.41) is 13.3. The Kier molecular flexibility index (Phi) is 2.82. The number of rotatable bonds is 3. The average Bonchev–Trinajstić information content (AvgIpc) is 2.84. The molecule has 2 aromatic rings. The van der Waals surface area contributed by atoms with E-state index in [9.17, 15) is 4.79 Å². The van der Waals surface area contributed by atoms with Crippen molar-refractivity contribution >= 4 is 11.6 Å². The monoisotopic (exact) mass is 234 g/mol. The van der Waals surface area contributed by atoms with E-state index in [4.69, 9.17) is 5.73 Å².